The van der Waals surface area contributed by atoms with Crippen molar-refractivity contribution < 1.29 is 23.3 Å². The molecular formula is C27H29F2N9O3. The van der Waals surface area contributed by atoms with E-state index in [0.29, 0.717) is 42.8 Å². The van der Waals surface area contributed by atoms with E-state index in [-0.39, 0.29) is 23.6 Å². The van der Waals surface area contributed by atoms with Gasteiger partial charge in [-0.3, -0.25) is 14.5 Å². The summed E-state index contributed by atoms with van der Waals surface area (Å²) in [6.07, 6.45) is 7.01. The first-order valence-corrected chi connectivity index (χ1v) is 13.1. The molecule has 2 amide bonds. The quantitative estimate of drug-likeness (QED) is 0.247. The summed E-state index contributed by atoms with van der Waals surface area (Å²) in [5.41, 5.74) is 0.258. The number of nitrogens with zero attached hydrogens (tertiary/aromatic N) is 9. The smallest absolute Gasteiger partial charge is 0.410 e. The van der Waals surface area contributed by atoms with Gasteiger partial charge in [0, 0.05) is 36.4 Å². The largest absolute Gasteiger partial charge is 0.444 e. The van der Waals surface area contributed by atoms with Crippen molar-refractivity contribution in [1.82, 2.24) is 40.3 Å². The SMILES string of the molecule is CC(C)(C)OC(=O)N1CCC(n2cc(-c3cnc(N(C(=O)Cc4ccc5ncccc5c4)N(F)F)nn3)cn2)CC1. The Morgan fingerprint density at radius 1 is 1.07 bits per heavy atom. The summed E-state index contributed by atoms with van der Waals surface area (Å²) in [6, 6.07) is 8.75. The molecule has 1 saturated heterocycles. The molecule has 0 bridgehead atoms. The van der Waals surface area contributed by atoms with Crippen LogP contribution in [0.2, 0.25) is 0 Å². The van der Waals surface area contributed by atoms with E-state index in [0.717, 1.165) is 10.9 Å². The summed E-state index contributed by atoms with van der Waals surface area (Å²) in [5, 5.41) is 13.1. The van der Waals surface area contributed by atoms with Gasteiger partial charge in [0.25, 0.3) is 11.9 Å². The van der Waals surface area contributed by atoms with Gasteiger partial charge in [0.1, 0.15) is 16.7 Å². The monoisotopic (exact) mass is 565 g/mol. The Hall–Kier alpha value is -4.59. The van der Waals surface area contributed by atoms with Crippen LogP contribution in [0.1, 0.15) is 45.2 Å². The molecule has 41 heavy (non-hydrogen) atoms. The van der Waals surface area contributed by atoms with E-state index < -0.39 is 22.9 Å². The number of amides is 2. The van der Waals surface area contributed by atoms with Crippen LogP contribution in [-0.2, 0) is 16.0 Å². The number of fused-ring (bicyclic) bond motifs is 1. The molecule has 0 N–H and O–H groups in total. The van der Waals surface area contributed by atoms with Gasteiger partial charge >= 0.3 is 6.09 Å². The van der Waals surface area contributed by atoms with E-state index >= 15 is 0 Å². The Labute approximate surface area is 234 Å². The number of carbonyl (C=O) groups excluding carboxylic acids is 2. The number of piperidine rings is 1. The minimum Gasteiger partial charge on any atom is -0.444 e. The molecule has 0 atom stereocenters. The first kappa shape index (κ1) is 28.0. The Morgan fingerprint density at radius 3 is 2.54 bits per heavy atom. The Morgan fingerprint density at radius 2 is 1.85 bits per heavy atom. The summed E-state index contributed by atoms with van der Waals surface area (Å²) in [5.74, 6) is -1.49. The zero-order valence-electron chi connectivity index (χ0n) is 22.8. The maximum atomic E-state index is 13.8. The van der Waals surface area contributed by atoms with Crippen molar-refractivity contribution in [3.05, 3.63) is 60.7 Å². The predicted molar refractivity (Wildman–Crippen MR) is 144 cm³/mol. The number of likely N-dealkylation sites (tertiary alicyclic amines) is 1. The minimum atomic E-state index is -1.36. The van der Waals surface area contributed by atoms with Crippen LogP contribution in [0.5, 0.6) is 0 Å². The lowest BCUT2D eigenvalue weighted by Crippen LogP contribution is -2.42. The maximum absolute atomic E-state index is 13.8. The molecule has 1 aromatic carbocycles. The Bertz CT molecular complexity index is 1530. The molecule has 0 radical (unpaired) electrons. The third kappa shape index (κ3) is 6.60. The van der Waals surface area contributed by atoms with Crippen LogP contribution in [-0.4, -0.2) is 71.0 Å². The summed E-state index contributed by atoms with van der Waals surface area (Å²) < 4.78 is 34.7. The molecule has 4 heterocycles. The van der Waals surface area contributed by atoms with Crippen molar-refractivity contribution in [3.63, 3.8) is 0 Å². The molecule has 4 aromatic rings. The number of benzene rings is 1. The van der Waals surface area contributed by atoms with Gasteiger partial charge in [0.15, 0.2) is 0 Å². The fourth-order valence-electron chi connectivity index (χ4n) is 4.56. The molecular weight excluding hydrogens is 536 g/mol. The normalized spacial score (nSPS) is 14.4. The average Bonchev–Trinajstić information content (AvgIpc) is 3.43. The van der Waals surface area contributed by atoms with Gasteiger partial charge < -0.3 is 9.64 Å². The highest BCUT2D eigenvalue weighted by Gasteiger charge is 2.29. The number of anilines is 1. The number of ether oxygens (including phenoxy) is 1. The second kappa shape index (κ2) is 11.5. The summed E-state index contributed by atoms with van der Waals surface area (Å²) in [6.45, 7) is 6.57. The van der Waals surface area contributed by atoms with Crippen LogP contribution in [0.4, 0.5) is 19.7 Å². The van der Waals surface area contributed by atoms with Gasteiger partial charge in [0.2, 0.25) is 0 Å². The van der Waals surface area contributed by atoms with Crippen LogP contribution in [0.15, 0.2) is 55.1 Å². The lowest BCUT2D eigenvalue weighted by Gasteiger charge is -2.33. The Balaban J connectivity index is 1.23. The Kier molecular flexibility index (Phi) is 7.83. The molecule has 5 rings (SSSR count). The van der Waals surface area contributed by atoms with E-state index in [9.17, 15) is 18.6 Å². The molecule has 0 saturated carbocycles. The van der Waals surface area contributed by atoms with Crippen LogP contribution in [0, 0.1) is 0 Å². The van der Waals surface area contributed by atoms with E-state index in [2.05, 4.69) is 25.3 Å². The number of carbonyl (C=O) groups is 2. The number of hydrogen-bond donors (Lipinski definition) is 0. The van der Waals surface area contributed by atoms with Gasteiger partial charge in [-0.25, -0.2) is 9.78 Å². The van der Waals surface area contributed by atoms with Crippen molar-refractivity contribution in [2.45, 2.75) is 51.7 Å². The minimum absolute atomic E-state index is 0.0632. The highest BCUT2D eigenvalue weighted by molar-refractivity contribution is 5.92. The summed E-state index contributed by atoms with van der Waals surface area (Å²) in [4.78, 5) is 35.0. The molecule has 1 fully saturated rings. The van der Waals surface area contributed by atoms with Crippen molar-refractivity contribution in [1.29, 1.82) is 0 Å². The van der Waals surface area contributed by atoms with Crippen molar-refractivity contribution in [3.8, 4) is 11.3 Å². The standard InChI is InChI=1S/C27H29F2N9O3/c1-27(2,3)41-26(40)35-11-8-21(9-12-35)36-17-20(15-32-36)23-16-31-25(34-33-23)37(38(28)29)24(39)14-18-6-7-22-19(13-18)5-4-10-30-22/h4-7,10,13,15-17,21H,8-9,11-12,14H2,1-3H3. The predicted octanol–water partition coefficient (Wildman–Crippen LogP) is 4.42. The van der Waals surface area contributed by atoms with E-state index in [1.807, 2.05) is 26.8 Å². The topological polar surface area (TPSA) is 122 Å². The van der Waals surface area contributed by atoms with Gasteiger partial charge in [-0.05, 0) is 57.4 Å². The number of hydrazine groups is 1. The second-order valence-electron chi connectivity index (χ2n) is 10.7. The van der Waals surface area contributed by atoms with Gasteiger partial charge in [-0.2, -0.15) is 5.10 Å². The number of halogens is 2. The van der Waals surface area contributed by atoms with Crippen LogP contribution in [0.3, 0.4) is 0 Å². The summed E-state index contributed by atoms with van der Waals surface area (Å²) in [7, 11) is 0. The van der Waals surface area contributed by atoms with Crippen LogP contribution >= 0.6 is 0 Å². The third-order valence-electron chi connectivity index (χ3n) is 6.54. The third-order valence-corrected chi connectivity index (χ3v) is 6.54. The van der Waals surface area contributed by atoms with E-state index in [1.165, 1.54) is 6.20 Å². The van der Waals surface area contributed by atoms with Crippen molar-refractivity contribution in [2.24, 2.45) is 0 Å². The lowest BCUT2D eigenvalue weighted by molar-refractivity contribution is -0.174. The molecule has 3 aromatic heterocycles. The molecule has 214 valence electrons. The fraction of sp³-hybridized carbons (Fsp3) is 0.370. The number of aromatic nitrogens is 6. The fourth-order valence-corrected chi connectivity index (χ4v) is 4.56. The van der Waals surface area contributed by atoms with Crippen LogP contribution < -0.4 is 5.01 Å². The number of rotatable bonds is 6. The number of hydrogen-bond acceptors (Lipinski definition) is 9. The lowest BCUT2D eigenvalue weighted by atomic mass is 10.1. The highest BCUT2D eigenvalue weighted by atomic mass is 19.4. The van der Waals surface area contributed by atoms with E-state index in [1.54, 1.807) is 52.4 Å². The maximum Gasteiger partial charge on any atom is 0.410 e. The molecule has 1 aliphatic heterocycles. The zero-order valence-corrected chi connectivity index (χ0v) is 22.8. The van der Waals surface area contributed by atoms with Gasteiger partial charge in [-0.1, -0.05) is 21.1 Å². The van der Waals surface area contributed by atoms with E-state index in [4.69, 9.17) is 4.74 Å². The van der Waals surface area contributed by atoms with Gasteiger partial charge in [0.05, 0.1) is 30.4 Å². The molecule has 12 nitrogen and oxygen atoms in total. The number of pyridine rings is 1. The first-order chi connectivity index (χ1) is 19.6. The van der Waals surface area contributed by atoms with Crippen molar-refractivity contribution >= 4 is 28.9 Å². The zero-order chi connectivity index (χ0) is 29.1. The molecule has 1 aliphatic rings. The molecule has 0 aliphatic carbocycles. The van der Waals surface area contributed by atoms with Gasteiger partial charge in [-0.15, -0.1) is 15.2 Å². The molecule has 0 unspecified atom stereocenters. The average molecular weight is 566 g/mol. The first-order valence-electron chi connectivity index (χ1n) is 13.1. The summed E-state index contributed by atoms with van der Waals surface area (Å²) >= 11 is 0. The highest BCUT2D eigenvalue weighted by Crippen LogP contribution is 2.26. The van der Waals surface area contributed by atoms with Crippen molar-refractivity contribution in [2.75, 3.05) is 18.1 Å². The molecule has 14 heteroatoms. The molecule has 0 spiro atoms. The second-order valence-corrected chi connectivity index (χ2v) is 10.7. The van der Waals surface area contributed by atoms with Crippen LogP contribution in [0.25, 0.3) is 22.2 Å².